The molecule has 2 rings (SSSR count). The number of carbonyl (C=O) groups is 1. The lowest BCUT2D eigenvalue weighted by molar-refractivity contribution is -0.120. The van der Waals surface area contributed by atoms with Crippen LogP contribution in [0.3, 0.4) is 0 Å². The number of rotatable bonds is 6. The highest BCUT2D eigenvalue weighted by Gasteiger charge is 2.12. The first kappa shape index (κ1) is 15.9. The molecule has 0 aromatic heterocycles. The molecular formula is C16H24FN3O. The minimum absolute atomic E-state index is 0.0000133. The Morgan fingerprint density at radius 3 is 2.52 bits per heavy atom. The lowest BCUT2D eigenvalue weighted by Gasteiger charge is -2.32. The molecule has 0 saturated carbocycles. The average molecular weight is 293 g/mol. The Bertz CT molecular complexity index is 441. The van der Waals surface area contributed by atoms with Crippen LogP contribution in [0.1, 0.15) is 12.0 Å². The van der Waals surface area contributed by atoms with Crippen LogP contribution in [0.2, 0.25) is 0 Å². The Kier molecular flexibility index (Phi) is 6.14. The second-order valence-corrected chi connectivity index (χ2v) is 5.65. The fourth-order valence-electron chi connectivity index (χ4n) is 2.45. The molecule has 1 aliphatic rings. The van der Waals surface area contributed by atoms with Crippen LogP contribution in [0.5, 0.6) is 0 Å². The molecule has 1 fully saturated rings. The number of benzene rings is 1. The second kappa shape index (κ2) is 8.10. The molecule has 4 nitrogen and oxygen atoms in total. The molecule has 1 amide bonds. The van der Waals surface area contributed by atoms with E-state index in [4.69, 9.17) is 0 Å². The summed E-state index contributed by atoms with van der Waals surface area (Å²) in [5.41, 5.74) is 0.841. The van der Waals surface area contributed by atoms with Gasteiger partial charge in [0.05, 0.1) is 6.42 Å². The third-order valence-electron chi connectivity index (χ3n) is 3.85. The summed E-state index contributed by atoms with van der Waals surface area (Å²) in [6.07, 6.45) is 1.29. The van der Waals surface area contributed by atoms with Crippen LogP contribution >= 0.6 is 0 Å². The molecule has 1 aromatic rings. The van der Waals surface area contributed by atoms with Gasteiger partial charge >= 0.3 is 0 Å². The van der Waals surface area contributed by atoms with Crippen molar-refractivity contribution in [2.45, 2.75) is 12.8 Å². The summed E-state index contributed by atoms with van der Waals surface area (Å²) in [6, 6.07) is 6.07. The van der Waals surface area contributed by atoms with Crippen molar-refractivity contribution in [3.8, 4) is 0 Å². The quantitative estimate of drug-likeness (QED) is 0.799. The number of hydrogen-bond acceptors (Lipinski definition) is 3. The lowest BCUT2D eigenvalue weighted by Crippen LogP contribution is -2.45. The van der Waals surface area contributed by atoms with Gasteiger partial charge in [-0.25, -0.2) is 4.39 Å². The average Bonchev–Trinajstić information content (AvgIpc) is 2.48. The van der Waals surface area contributed by atoms with Gasteiger partial charge in [0, 0.05) is 32.7 Å². The zero-order valence-electron chi connectivity index (χ0n) is 12.6. The smallest absolute Gasteiger partial charge is 0.224 e. The van der Waals surface area contributed by atoms with E-state index < -0.39 is 0 Å². The van der Waals surface area contributed by atoms with Crippen molar-refractivity contribution >= 4 is 5.91 Å². The van der Waals surface area contributed by atoms with E-state index in [1.807, 2.05) is 0 Å². The Morgan fingerprint density at radius 1 is 1.19 bits per heavy atom. The highest BCUT2D eigenvalue weighted by atomic mass is 19.1. The van der Waals surface area contributed by atoms with E-state index in [0.717, 1.165) is 44.7 Å². The van der Waals surface area contributed by atoms with E-state index in [0.29, 0.717) is 13.0 Å². The molecule has 0 unspecified atom stereocenters. The number of likely N-dealkylation sites (N-methyl/N-ethyl adjacent to an activating group) is 1. The summed E-state index contributed by atoms with van der Waals surface area (Å²) in [6.45, 7) is 6.20. The van der Waals surface area contributed by atoms with Crippen LogP contribution in [0.25, 0.3) is 0 Å². The summed E-state index contributed by atoms with van der Waals surface area (Å²) >= 11 is 0. The molecule has 1 aromatic carbocycles. The molecule has 1 heterocycles. The summed E-state index contributed by atoms with van der Waals surface area (Å²) in [7, 11) is 2.15. The number of amides is 1. The topological polar surface area (TPSA) is 35.6 Å². The first-order chi connectivity index (χ1) is 10.1. The minimum Gasteiger partial charge on any atom is -0.356 e. The Morgan fingerprint density at radius 2 is 1.86 bits per heavy atom. The number of halogens is 1. The summed E-state index contributed by atoms with van der Waals surface area (Å²) in [5, 5.41) is 2.92. The first-order valence-electron chi connectivity index (χ1n) is 7.55. The molecule has 1 N–H and O–H groups in total. The SMILES string of the molecule is CN1CCN(CCCNC(=O)Cc2ccc(F)cc2)CC1. The van der Waals surface area contributed by atoms with Crippen LogP contribution in [0.4, 0.5) is 4.39 Å². The van der Waals surface area contributed by atoms with Crippen LogP contribution in [-0.2, 0) is 11.2 Å². The van der Waals surface area contributed by atoms with Gasteiger partial charge in [-0.15, -0.1) is 0 Å². The number of carbonyl (C=O) groups excluding carboxylic acids is 1. The van der Waals surface area contributed by atoms with Crippen molar-refractivity contribution in [2.75, 3.05) is 46.3 Å². The van der Waals surface area contributed by atoms with Gasteiger partial charge in [0.1, 0.15) is 5.82 Å². The predicted octanol–water partition coefficient (Wildman–Crippen LogP) is 1.12. The van der Waals surface area contributed by atoms with Crippen molar-refractivity contribution in [2.24, 2.45) is 0 Å². The Labute approximate surface area is 125 Å². The largest absolute Gasteiger partial charge is 0.356 e. The number of piperazine rings is 1. The zero-order chi connectivity index (χ0) is 15.1. The molecule has 116 valence electrons. The fraction of sp³-hybridized carbons (Fsp3) is 0.562. The van der Waals surface area contributed by atoms with Gasteiger partial charge in [0.15, 0.2) is 0 Å². The van der Waals surface area contributed by atoms with Crippen LogP contribution in [0, 0.1) is 5.82 Å². The van der Waals surface area contributed by atoms with Crippen molar-refractivity contribution in [3.05, 3.63) is 35.6 Å². The Hall–Kier alpha value is -1.46. The highest BCUT2D eigenvalue weighted by Crippen LogP contribution is 2.03. The first-order valence-corrected chi connectivity index (χ1v) is 7.55. The van der Waals surface area contributed by atoms with Crippen LogP contribution in [-0.4, -0.2) is 62.0 Å². The maximum Gasteiger partial charge on any atom is 0.224 e. The maximum atomic E-state index is 12.8. The van der Waals surface area contributed by atoms with Gasteiger partial charge < -0.3 is 15.1 Å². The van der Waals surface area contributed by atoms with E-state index in [9.17, 15) is 9.18 Å². The van der Waals surface area contributed by atoms with E-state index in [2.05, 4.69) is 22.2 Å². The third-order valence-corrected chi connectivity index (χ3v) is 3.85. The van der Waals surface area contributed by atoms with Gasteiger partial charge in [-0.2, -0.15) is 0 Å². The monoisotopic (exact) mass is 293 g/mol. The molecule has 0 radical (unpaired) electrons. The van der Waals surface area contributed by atoms with Crippen molar-refractivity contribution in [1.82, 2.24) is 15.1 Å². The molecule has 0 spiro atoms. The van der Waals surface area contributed by atoms with Gasteiger partial charge in [0.2, 0.25) is 5.91 Å². The minimum atomic E-state index is -0.272. The van der Waals surface area contributed by atoms with Gasteiger partial charge in [-0.05, 0) is 37.7 Å². The van der Waals surface area contributed by atoms with E-state index in [1.165, 1.54) is 12.1 Å². The van der Waals surface area contributed by atoms with Gasteiger partial charge in [-0.1, -0.05) is 12.1 Å². The summed E-state index contributed by atoms with van der Waals surface area (Å²) < 4.78 is 12.8. The zero-order valence-corrected chi connectivity index (χ0v) is 12.6. The van der Waals surface area contributed by atoms with Crippen LogP contribution < -0.4 is 5.32 Å². The predicted molar refractivity (Wildman–Crippen MR) is 81.7 cm³/mol. The van der Waals surface area contributed by atoms with Crippen molar-refractivity contribution in [3.63, 3.8) is 0 Å². The number of hydrogen-bond donors (Lipinski definition) is 1. The summed E-state index contributed by atoms with van der Waals surface area (Å²) in [5.74, 6) is -0.272. The van der Waals surface area contributed by atoms with Gasteiger partial charge in [-0.3, -0.25) is 4.79 Å². The second-order valence-electron chi connectivity index (χ2n) is 5.65. The van der Waals surface area contributed by atoms with Crippen molar-refractivity contribution in [1.29, 1.82) is 0 Å². The molecule has 5 heteroatoms. The van der Waals surface area contributed by atoms with Crippen molar-refractivity contribution < 1.29 is 9.18 Å². The number of nitrogens with zero attached hydrogens (tertiary/aromatic N) is 2. The fourth-order valence-corrected chi connectivity index (χ4v) is 2.45. The van der Waals surface area contributed by atoms with E-state index in [1.54, 1.807) is 12.1 Å². The molecule has 0 atom stereocenters. The van der Waals surface area contributed by atoms with E-state index >= 15 is 0 Å². The molecule has 1 aliphatic heterocycles. The maximum absolute atomic E-state index is 12.8. The normalized spacial score (nSPS) is 16.9. The summed E-state index contributed by atoms with van der Waals surface area (Å²) in [4.78, 5) is 16.5. The van der Waals surface area contributed by atoms with E-state index in [-0.39, 0.29) is 11.7 Å². The standard InChI is InChI=1S/C16H24FN3O/c1-19-9-11-20(12-10-19)8-2-7-18-16(21)13-14-3-5-15(17)6-4-14/h3-6H,2,7-13H2,1H3,(H,18,21). The highest BCUT2D eigenvalue weighted by molar-refractivity contribution is 5.78. The van der Waals surface area contributed by atoms with Gasteiger partial charge in [0.25, 0.3) is 0 Å². The lowest BCUT2D eigenvalue weighted by atomic mass is 10.1. The molecule has 0 bridgehead atoms. The molecule has 21 heavy (non-hydrogen) atoms. The van der Waals surface area contributed by atoms with Crippen LogP contribution in [0.15, 0.2) is 24.3 Å². The molecule has 1 saturated heterocycles. The molecular weight excluding hydrogens is 269 g/mol. The Balaban J connectivity index is 1.58. The molecule has 0 aliphatic carbocycles. The third kappa shape index (κ3) is 5.81. The number of nitrogens with one attached hydrogen (secondary N) is 1.